The number of hydrogen-bond acceptors (Lipinski definition) is 6. The lowest BCUT2D eigenvalue weighted by atomic mass is 10.2. The summed E-state index contributed by atoms with van der Waals surface area (Å²) in [6, 6.07) is 17.0. The van der Waals surface area contributed by atoms with Gasteiger partial charge >= 0.3 is 0 Å². The Bertz CT molecular complexity index is 1390. The Labute approximate surface area is 195 Å². The molecule has 164 valence electrons. The van der Waals surface area contributed by atoms with E-state index in [0.29, 0.717) is 21.4 Å². The van der Waals surface area contributed by atoms with E-state index in [9.17, 15) is 13.2 Å². The highest BCUT2D eigenvalue weighted by atomic mass is 35.5. The number of anilines is 1. The van der Waals surface area contributed by atoms with Crippen LogP contribution in [-0.2, 0) is 16.4 Å². The second-order valence-corrected chi connectivity index (χ2v) is 11.3. The van der Waals surface area contributed by atoms with E-state index in [2.05, 4.69) is 9.97 Å². The number of halogens is 1. The summed E-state index contributed by atoms with van der Waals surface area (Å²) in [6.45, 7) is 3.41. The molecule has 2 aromatic heterocycles. The first kappa shape index (κ1) is 22.4. The number of carbonyl (C=O) groups is 1. The van der Waals surface area contributed by atoms with E-state index in [1.54, 1.807) is 44.3 Å². The van der Waals surface area contributed by atoms with Crippen LogP contribution in [-0.4, -0.2) is 29.5 Å². The Morgan fingerprint density at radius 2 is 1.88 bits per heavy atom. The van der Waals surface area contributed by atoms with Gasteiger partial charge in [0.05, 0.1) is 32.1 Å². The van der Waals surface area contributed by atoms with Crippen molar-refractivity contribution in [1.82, 2.24) is 9.97 Å². The normalized spacial score (nSPS) is 11.8. The third-order valence-corrected chi connectivity index (χ3v) is 8.41. The zero-order chi connectivity index (χ0) is 22.9. The highest BCUT2D eigenvalue weighted by molar-refractivity contribution is 7.92. The van der Waals surface area contributed by atoms with Crippen molar-refractivity contribution in [2.75, 3.05) is 4.90 Å². The number of amides is 1. The van der Waals surface area contributed by atoms with Gasteiger partial charge < -0.3 is 0 Å². The molecule has 1 amide bonds. The van der Waals surface area contributed by atoms with Crippen molar-refractivity contribution in [2.24, 2.45) is 0 Å². The van der Waals surface area contributed by atoms with Gasteiger partial charge in [0, 0.05) is 11.8 Å². The van der Waals surface area contributed by atoms with Gasteiger partial charge in [-0.3, -0.25) is 14.7 Å². The van der Waals surface area contributed by atoms with Crippen LogP contribution in [0, 0.1) is 0 Å². The summed E-state index contributed by atoms with van der Waals surface area (Å²) < 4.78 is 26.1. The van der Waals surface area contributed by atoms with Gasteiger partial charge in [0.25, 0.3) is 5.91 Å². The molecule has 4 rings (SSSR count). The van der Waals surface area contributed by atoms with Crippen molar-refractivity contribution < 1.29 is 13.2 Å². The Hall–Kier alpha value is -2.81. The number of hydrogen-bond donors (Lipinski definition) is 0. The quantitative estimate of drug-likeness (QED) is 0.366. The van der Waals surface area contributed by atoms with E-state index < -0.39 is 15.1 Å². The lowest BCUT2D eigenvalue weighted by molar-refractivity contribution is 0.0984. The number of benzene rings is 2. The van der Waals surface area contributed by atoms with Crippen LogP contribution in [0.2, 0.25) is 5.02 Å². The van der Waals surface area contributed by atoms with Gasteiger partial charge in [-0.05, 0) is 56.3 Å². The number of carbonyl (C=O) groups excluding carboxylic acids is 1. The van der Waals surface area contributed by atoms with Gasteiger partial charge in [-0.1, -0.05) is 41.1 Å². The molecule has 0 saturated heterocycles. The maximum atomic E-state index is 13.6. The van der Waals surface area contributed by atoms with E-state index in [0.717, 1.165) is 4.70 Å². The van der Waals surface area contributed by atoms with Gasteiger partial charge in [0.2, 0.25) is 0 Å². The summed E-state index contributed by atoms with van der Waals surface area (Å²) in [5.41, 5.74) is 1.55. The van der Waals surface area contributed by atoms with Crippen molar-refractivity contribution in [2.45, 2.75) is 30.5 Å². The molecule has 2 aromatic carbocycles. The Kier molecular flexibility index (Phi) is 6.28. The van der Waals surface area contributed by atoms with E-state index in [-0.39, 0.29) is 22.9 Å². The third kappa shape index (κ3) is 4.39. The third-order valence-electron chi connectivity index (χ3n) is 4.91. The van der Waals surface area contributed by atoms with Crippen molar-refractivity contribution >= 4 is 54.0 Å². The zero-order valence-electron chi connectivity index (χ0n) is 17.4. The number of rotatable bonds is 6. The monoisotopic (exact) mass is 485 g/mol. The smallest absolute Gasteiger partial charge is 0.260 e. The zero-order valence-corrected chi connectivity index (χ0v) is 19.8. The topological polar surface area (TPSA) is 80.2 Å². The first-order valence-electron chi connectivity index (χ1n) is 9.88. The molecule has 4 aromatic rings. The number of thiazole rings is 1. The van der Waals surface area contributed by atoms with Gasteiger partial charge in [-0.15, -0.1) is 0 Å². The number of nitrogens with zero attached hydrogens (tertiary/aromatic N) is 3. The largest absolute Gasteiger partial charge is 0.278 e. The number of pyridine rings is 1. The molecule has 0 aliphatic heterocycles. The van der Waals surface area contributed by atoms with Crippen molar-refractivity contribution in [3.63, 3.8) is 0 Å². The van der Waals surface area contributed by atoms with Gasteiger partial charge in [-0.25, -0.2) is 13.4 Å². The van der Waals surface area contributed by atoms with Gasteiger partial charge in [-0.2, -0.15) is 0 Å². The summed E-state index contributed by atoms with van der Waals surface area (Å²) >= 11 is 7.63. The molecular formula is C23H20ClN3O3S2. The maximum Gasteiger partial charge on any atom is 0.260 e. The van der Waals surface area contributed by atoms with Crippen molar-refractivity contribution in [3.8, 4) is 0 Å². The average Bonchev–Trinajstić information content (AvgIpc) is 3.23. The summed E-state index contributed by atoms with van der Waals surface area (Å²) in [6.07, 6.45) is 1.66. The van der Waals surface area contributed by atoms with Crippen LogP contribution >= 0.6 is 22.9 Å². The number of sulfone groups is 1. The molecule has 32 heavy (non-hydrogen) atoms. The molecule has 0 aliphatic rings. The first-order valence-corrected chi connectivity index (χ1v) is 12.6. The summed E-state index contributed by atoms with van der Waals surface area (Å²) in [7, 11) is -3.52. The molecule has 0 spiro atoms. The number of fused-ring (bicyclic) bond motifs is 1. The van der Waals surface area contributed by atoms with Crippen LogP contribution < -0.4 is 4.90 Å². The van der Waals surface area contributed by atoms with Crippen molar-refractivity contribution in [3.05, 3.63) is 83.1 Å². The van der Waals surface area contributed by atoms with Crippen LogP contribution in [0.4, 0.5) is 5.13 Å². The Morgan fingerprint density at radius 3 is 2.56 bits per heavy atom. The molecule has 0 bridgehead atoms. The van der Waals surface area contributed by atoms with Gasteiger partial charge in [0.15, 0.2) is 15.0 Å². The first-order chi connectivity index (χ1) is 15.3. The summed E-state index contributed by atoms with van der Waals surface area (Å²) in [5, 5.41) is 0.366. The molecule has 6 nitrogen and oxygen atoms in total. The van der Waals surface area contributed by atoms with Gasteiger partial charge in [0.1, 0.15) is 5.52 Å². The molecule has 0 unspecified atom stereocenters. The molecule has 2 heterocycles. The fraction of sp³-hybridized carbons (Fsp3) is 0.174. The Morgan fingerprint density at radius 1 is 1.09 bits per heavy atom. The maximum absolute atomic E-state index is 13.6. The predicted molar refractivity (Wildman–Crippen MR) is 128 cm³/mol. The van der Waals surface area contributed by atoms with E-state index in [4.69, 9.17) is 11.6 Å². The molecule has 0 atom stereocenters. The lowest BCUT2D eigenvalue weighted by Crippen LogP contribution is -2.31. The lowest BCUT2D eigenvalue weighted by Gasteiger charge is -2.20. The van der Waals surface area contributed by atoms with Crippen molar-refractivity contribution in [1.29, 1.82) is 0 Å². The number of aromatic nitrogens is 2. The minimum atomic E-state index is -3.52. The second kappa shape index (κ2) is 8.97. The highest BCUT2D eigenvalue weighted by Gasteiger charge is 2.25. The van der Waals surface area contributed by atoms with Crippen LogP contribution in [0.15, 0.2) is 71.8 Å². The molecule has 0 fully saturated rings. The standard InChI is InChI=1S/C23H20ClN3O3S2/c1-15(2)32(29,30)18-9-5-7-16(13-18)22(28)27(14-17-8-3-4-12-25-17)23-26-21-19(24)10-6-11-20(21)31-23/h3-13,15H,14H2,1-2H3. The molecule has 0 N–H and O–H groups in total. The molecule has 0 saturated carbocycles. The number of para-hydroxylation sites is 1. The fourth-order valence-electron chi connectivity index (χ4n) is 3.13. The van der Waals surface area contributed by atoms with Crippen LogP contribution in [0.25, 0.3) is 10.2 Å². The Balaban J connectivity index is 1.79. The van der Waals surface area contributed by atoms with Crippen LogP contribution in [0.1, 0.15) is 29.9 Å². The SMILES string of the molecule is CC(C)S(=O)(=O)c1cccc(C(=O)N(Cc2ccccn2)c2nc3c(Cl)cccc3s2)c1. The van der Waals surface area contributed by atoms with E-state index in [1.807, 2.05) is 24.3 Å². The summed E-state index contributed by atoms with van der Waals surface area (Å²) in [5.74, 6) is -0.369. The minimum Gasteiger partial charge on any atom is -0.278 e. The average molecular weight is 486 g/mol. The fourth-order valence-corrected chi connectivity index (χ4v) is 5.50. The summed E-state index contributed by atoms with van der Waals surface area (Å²) in [4.78, 5) is 24.1. The highest BCUT2D eigenvalue weighted by Crippen LogP contribution is 2.34. The van der Waals surface area contributed by atoms with Crippen LogP contribution in [0.5, 0.6) is 0 Å². The molecule has 9 heteroatoms. The predicted octanol–water partition coefficient (Wildman–Crippen LogP) is 5.37. The molecule has 0 radical (unpaired) electrons. The van der Waals surface area contributed by atoms with Crippen LogP contribution in [0.3, 0.4) is 0 Å². The second-order valence-electron chi connectivity index (χ2n) is 7.42. The van der Waals surface area contributed by atoms with E-state index >= 15 is 0 Å². The minimum absolute atomic E-state index is 0.114. The molecule has 0 aliphatic carbocycles. The van der Waals surface area contributed by atoms with E-state index in [1.165, 1.54) is 28.4 Å². The molecular weight excluding hydrogens is 466 g/mol.